The molecule has 2 aromatic rings. The number of benzene rings is 1. The second kappa shape index (κ2) is 11.2. The molecule has 2 saturated carbocycles. The first kappa shape index (κ1) is 24.5. The van der Waals surface area contributed by atoms with Gasteiger partial charge in [0, 0.05) is 36.4 Å². The number of carbonyl (C=O) groups excluding carboxylic acids is 2. The fourth-order valence-corrected chi connectivity index (χ4v) is 5.16. The van der Waals surface area contributed by atoms with Crippen LogP contribution in [-0.4, -0.2) is 44.8 Å². The van der Waals surface area contributed by atoms with E-state index in [0.29, 0.717) is 13.1 Å². The molecule has 2 amide bonds. The van der Waals surface area contributed by atoms with Gasteiger partial charge in [0.25, 0.3) is 0 Å². The van der Waals surface area contributed by atoms with Crippen molar-refractivity contribution in [1.29, 1.82) is 0 Å². The van der Waals surface area contributed by atoms with E-state index in [1.54, 1.807) is 17.0 Å². The minimum absolute atomic E-state index is 0.00703. The van der Waals surface area contributed by atoms with Gasteiger partial charge in [-0.15, -0.1) is 0 Å². The third kappa shape index (κ3) is 5.89. The van der Waals surface area contributed by atoms with Crippen LogP contribution < -0.4 is 0 Å². The van der Waals surface area contributed by atoms with Crippen LogP contribution in [-0.2, 0) is 22.7 Å². The first-order valence-corrected chi connectivity index (χ1v) is 12.9. The number of amides is 2. The molecule has 2 aliphatic carbocycles. The van der Waals surface area contributed by atoms with Gasteiger partial charge in [-0.25, -0.2) is 4.39 Å². The maximum atomic E-state index is 13.7. The van der Waals surface area contributed by atoms with Gasteiger partial charge in [0.05, 0.1) is 6.54 Å². The molecule has 34 heavy (non-hydrogen) atoms. The average Bonchev–Trinajstić information content (AvgIpc) is 3.22. The number of hydrogen-bond acceptors (Lipinski definition) is 2. The summed E-state index contributed by atoms with van der Waals surface area (Å²) in [4.78, 5) is 30.5. The van der Waals surface area contributed by atoms with E-state index in [2.05, 4.69) is 10.6 Å². The third-order valence-electron chi connectivity index (χ3n) is 7.52. The minimum Gasteiger partial charge on any atom is -0.345 e. The van der Waals surface area contributed by atoms with Crippen molar-refractivity contribution < 1.29 is 14.0 Å². The molecule has 1 heterocycles. The van der Waals surface area contributed by atoms with Crippen molar-refractivity contribution in [2.24, 2.45) is 5.92 Å². The van der Waals surface area contributed by atoms with Crippen LogP contribution >= 0.6 is 0 Å². The molecular formula is C28H38FN3O2. The summed E-state index contributed by atoms with van der Waals surface area (Å²) in [7, 11) is 0. The summed E-state index contributed by atoms with van der Waals surface area (Å²) in [5, 5.41) is 0. The molecule has 0 saturated heterocycles. The Balaban J connectivity index is 1.51. The van der Waals surface area contributed by atoms with Crippen molar-refractivity contribution in [3.63, 3.8) is 0 Å². The van der Waals surface area contributed by atoms with Crippen LogP contribution in [0, 0.1) is 11.7 Å². The zero-order valence-electron chi connectivity index (χ0n) is 20.6. The van der Waals surface area contributed by atoms with Gasteiger partial charge in [-0.3, -0.25) is 9.59 Å². The minimum atomic E-state index is -0.239. The fourth-order valence-electron chi connectivity index (χ4n) is 5.16. The summed E-state index contributed by atoms with van der Waals surface area (Å²) in [6.45, 7) is 5.32. The predicted molar refractivity (Wildman–Crippen MR) is 132 cm³/mol. The van der Waals surface area contributed by atoms with E-state index in [1.165, 1.54) is 18.6 Å². The highest BCUT2D eigenvalue weighted by molar-refractivity contribution is 5.86. The molecule has 0 spiro atoms. The van der Waals surface area contributed by atoms with Crippen LogP contribution in [0.15, 0.2) is 42.6 Å². The van der Waals surface area contributed by atoms with Crippen LogP contribution in [0.2, 0.25) is 0 Å². The number of nitrogens with zero attached hydrogens (tertiary/aromatic N) is 3. The van der Waals surface area contributed by atoms with Crippen molar-refractivity contribution in [1.82, 2.24) is 14.4 Å². The molecule has 0 atom stereocenters. The van der Waals surface area contributed by atoms with E-state index in [0.717, 1.165) is 56.2 Å². The molecule has 0 radical (unpaired) electrons. The maximum Gasteiger partial charge on any atom is 0.242 e. The van der Waals surface area contributed by atoms with Gasteiger partial charge in [0.15, 0.2) is 0 Å². The number of carbonyl (C=O) groups is 2. The lowest BCUT2D eigenvalue weighted by atomic mass is 9.84. The molecule has 0 bridgehead atoms. The first-order valence-electron chi connectivity index (χ1n) is 12.9. The lowest BCUT2D eigenvalue weighted by Gasteiger charge is -2.38. The summed E-state index contributed by atoms with van der Waals surface area (Å²) in [5.74, 6) is 0.0312. The van der Waals surface area contributed by atoms with Crippen molar-refractivity contribution >= 4 is 11.8 Å². The molecule has 1 aromatic heterocycles. The second-order valence-corrected chi connectivity index (χ2v) is 10.3. The van der Waals surface area contributed by atoms with Crippen LogP contribution in [0.4, 0.5) is 4.39 Å². The smallest absolute Gasteiger partial charge is 0.242 e. The van der Waals surface area contributed by atoms with Crippen LogP contribution in [0.1, 0.15) is 76.5 Å². The molecule has 4 rings (SSSR count). The average molecular weight is 468 g/mol. The Morgan fingerprint density at radius 2 is 1.71 bits per heavy atom. The van der Waals surface area contributed by atoms with Gasteiger partial charge in [-0.05, 0) is 69.4 Å². The quantitative estimate of drug-likeness (QED) is 0.497. The Morgan fingerprint density at radius 3 is 2.32 bits per heavy atom. The van der Waals surface area contributed by atoms with Crippen molar-refractivity contribution in [3.05, 3.63) is 59.7 Å². The number of rotatable bonds is 9. The molecule has 2 fully saturated rings. The number of hydrogen-bond donors (Lipinski definition) is 0. The topological polar surface area (TPSA) is 45.6 Å². The standard InChI is InChI=1S/C28H38FN3O2/c1-21(2)31(28(34)23-8-6-9-23)20-27(33)32(25-10-4-3-5-11-25)19-26-12-7-17-30(26)18-22-13-15-24(29)16-14-22/h7,12-17,21,23,25H,3-6,8-11,18-20H2,1-2H3. The highest BCUT2D eigenvalue weighted by Crippen LogP contribution is 2.30. The molecule has 184 valence electrons. The molecule has 0 N–H and O–H groups in total. The molecule has 0 aliphatic heterocycles. The Hall–Kier alpha value is -2.63. The SMILES string of the molecule is CC(C)N(CC(=O)N(Cc1cccn1Cc1ccc(F)cc1)C1CCCCC1)C(=O)C1CCC1. The van der Waals surface area contributed by atoms with Crippen molar-refractivity contribution in [3.8, 4) is 0 Å². The highest BCUT2D eigenvalue weighted by atomic mass is 19.1. The van der Waals surface area contributed by atoms with Gasteiger partial charge in [-0.2, -0.15) is 0 Å². The Kier molecular flexibility index (Phi) is 8.07. The van der Waals surface area contributed by atoms with Crippen LogP contribution in [0.3, 0.4) is 0 Å². The van der Waals surface area contributed by atoms with Gasteiger partial charge < -0.3 is 14.4 Å². The zero-order valence-corrected chi connectivity index (χ0v) is 20.6. The largest absolute Gasteiger partial charge is 0.345 e. The summed E-state index contributed by atoms with van der Waals surface area (Å²) in [5.41, 5.74) is 2.08. The van der Waals surface area contributed by atoms with Gasteiger partial charge >= 0.3 is 0 Å². The molecule has 2 aliphatic rings. The van der Waals surface area contributed by atoms with E-state index in [-0.39, 0.29) is 42.2 Å². The normalized spacial score (nSPS) is 16.9. The number of halogens is 1. The van der Waals surface area contributed by atoms with E-state index in [9.17, 15) is 14.0 Å². The first-order chi connectivity index (χ1) is 16.4. The zero-order chi connectivity index (χ0) is 24.1. The molecule has 1 aromatic carbocycles. The Labute approximate surface area is 202 Å². The second-order valence-electron chi connectivity index (χ2n) is 10.3. The van der Waals surface area contributed by atoms with Crippen LogP contribution in [0.25, 0.3) is 0 Å². The van der Waals surface area contributed by atoms with Crippen molar-refractivity contribution in [2.75, 3.05) is 6.54 Å². The maximum absolute atomic E-state index is 13.7. The van der Waals surface area contributed by atoms with Gasteiger partial charge in [0.1, 0.15) is 12.4 Å². The van der Waals surface area contributed by atoms with E-state index in [4.69, 9.17) is 0 Å². The van der Waals surface area contributed by atoms with E-state index >= 15 is 0 Å². The Morgan fingerprint density at radius 1 is 1.00 bits per heavy atom. The third-order valence-corrected chi connectivity index (χ3v) is 7.52. The van der Waals surface area contributed by atoms with Gasteiger partial charge in [0.2, 0.25) is 11.8 Å². The van der Waals surface area contributed by atoms with E-state index in [1.807, 2.05) is 31.0 Å². The predicted octanol–water partition coefficient (Wildman–Crippen LogP) is 5.37. The molecule has 5 nitrogen and oxygen atoms in total. The lowest BCUT2D eigenvalue weighted by Crippen LogP contribution is -2.51. The summed E-state index contributed by atoms with van der Waals surface area (Å²) in [6, 6.07) is 10.9. The van der Waals surface area contributed by atoms with E-state index < -0.39 is 0 Å². The molecule has 0 unspecified atom stereocenters. The van der Waals surface area contributed by atoms with Crippen molar-refractivity contribution in [2.45, 2.75) is 90.4 Å². The molecule has 6 heteroatoms. The lowest BCUT2D eigenvalue weighted by molar-refractivity contribution is -0.148. The highest BCUT2D eigenvalue weighted by Gasteiger charge is 2.34. The molecular weight excluding hydrogens is 429 g/mol. The summed E-state index contributed by atoms with van der Waals surface area (Å²) >= 11 is 0. The Bertz CT molecular complexity index is 958. The summed E-state index contributed by atoms with van der Waals surface area (Å²) in [6.07, 6.45) is 10.5. The van der Waals surface area contributed by atoms with Crippen LogP contribution in [0.5, 0.6) is 0 Å². The summed E-state index contributed by atoms with van der Waals surface area (Å²) < 4.78 is 15.5. The van der Waals surface area contributed by atoms with Gasteiger partial charge in [-0.1, -0.05) is 37.8 Å². The monoisotopic (exact) mass is 467 g/mol. The fraction of sp³-hybridized carbons (Fsp3) is 0.571. The number of aromatic nitrogens is 1.